The molecule has 22 heavy (non-hydrogen) atoms. The maximum Gasteiger partial charge on any atom is 0.134 e. The van der Waals surface area contributed by atoms with E-state index in [0.717, 1.165) is 44.5 Å². The second kappa shape index (κ2) is 5.32. The van der Waals surface area contributed by atoms with E-state index in [2.05, 4.69) is 11.0 Å². The standard InChI is InChI=1S/C18H20ClNO2/c1-22-18-4-2-3-12-10-20-6-5-11-7-15(19)17(21)9-13(11)16(20)8-14(12)18/h4,7,9,16,21H,2-3,5-6,8,10H2,1H3. The first-order chi connectivity index (χ1) is 10.7. The average molecular weight is 318 g/mol. The summed E-state index contributed by atoms with van der Waals surface area (Å²) in [5.74, 6) is 1.24. The van der Waals surface area contributed by atoms with E-state index in [4.69, 9.17) is 16.3 Å². The Hall–Kier alpha value is -1.45. The van der Waals surface area contributed by atoms with Crippen molar-refractivity contribution in [3.05, 3.63) is 51.3 Å². The highest BCUT2D eigenvalue weighted by Gasteiger charge is 2.35. The first kappa shape index (κ1) is 14.2. The molecule has 0 bridgehead atoms. The number of allylic oxidation sites excluding steroid dienone is 2. The number of rotatable bonds is 1. The van der Waals surface area contributed by atoms with Crippen molar-refractivity contribution >= 4 is 11.6 Å². The molecule has 0 amide bonds. The fourth-order valence-corrected chi connectivity index (χ4v) is 4.27. The molecule has 116 valence electrons. The van der Waals surface area contributed by atoms with Gasteiger partial charge in [0.2, 0.25) is 0 Å². The van der Waals surface area contributed by atoms with Gasteiger partial charge in [-0.15, -0.1) is 0 Å². The molecule has 1 unspecified atom stereocenters. The number of methoxy groups -OCH3 is 1. The summed E-state index contributed by atoms with van der Waals surface area (Å²) in [5.41, 5.74) is 5.39. The lowest BCUT2D eigenvalue weighted by atomic mass is 9.81. The Kier molecular flexibility index (Phi) is 3.43. The van der Waals surface area contributed by atoms with E-state index in [1.54, 1.807) is 7.11 Å². The van der Waals surface area contributed by atoms with Crippen molar-refractivity contribution < 1.29 is 9.84 Å². The van der Waals surface area contributed by atoms with Crippen LogP contribution in [0.1, 0.15) is 36.4 Å². The number of phenolic OH excluding ortho intramolecular Hbond substituents is 1. The van der Waals surface area contributed by atoms with Gasteiger partial charge in [0.25, 0.3) is 0 Å². The van der Waals surface area contributed by atoms with Crippen LogP contribution in [0.4, 0.5) is 0 Å². The molecular weight excluding hydrogens is 298 g/mol. The van der Waals surface area contributed by atoms with E-state index < -0.39 is 0 Å². The number of hydrogen-bond acceptors (Lipinski definition) is 3. The molecule has 1 N–H and O–H groups in total. The van der Waals surface area contributed by atoms with E-state index >= 15 is 0 Å². The van der Waals surface area contributed by atoms with Crippen LogP contribution < -0.4 is 0 Å². The summed E-state index contributed by atoms with van der Waals surface area (Å²) in [6.45, 7) is 2.07. The van der Waals surface area contributed by atoms with Crippen LogP contribution in [0.2, 0.25) is 5.02 Å². The van der Waals surface area contributed by atoms with Crippen molar-refractivity contribution in [3.63, 3.8) is 0 Å². The van der Waals surface area contributed by atoms with Crippen molar-refractivity contribution in [1.29, 1.82) is 0 Å². The Bertz CT molecular complexity index is 693. The first-order valence-corrected chi connectivity index (χ1v) is 8.26. The van der Waals surface area contributed by atoms with Crippen LogP contribution in [-0.2, 0) is 11.2 Å². The lowest BCUT2D eigenvalue weighted by molar-refractivity contribution is 0.176. The van der Waals surface area contributed by atoms with Gasteiger partial charge in [-0.2, -0.15) is 0 Å². The lowest BCUT2D eigenvalue weighted by Crippen LogP contribution is -2.40. The summed E-state index contributed by atoms with van der Waals surface area (Å²) >= 11 is 6.08. The summed E-state index contributed by atoms with van der Waals surface area (Å²) in [6, 6.07) is 4.11. The quantitative estimate of drug-likeness (QED) is 0.850. The van der Waals surface area contributed by atoms with Gasteiger partial charge >= 0.3 is 0 Å². The molecule has 0 spiro atoms. The molecular formula is C18H20ClNO2. The van der Waals surface area contributed by atoms with Gasteiger partial charge in [-0.1, -0.05) is 11.6 Å². The normalized spacial score (nSPS) is 24.3. The molecule has 1 aromatic carbocycles. The molecule has 1 aliphatic carbocycles. The highest BCUT2D eigenvalue weighted by Crippen LogP contribution is 2.45. The van der Waals surface area contributed by atoms with Crippen molar-refractivity contribution in [2.24, 2.45) is 0 Å². The van der Waals surface area contributed by atoms with E-state index in [1.165, 1.54) is 22.3 Å². The van der Waals surface area contributed by atoms with Crippen LogP contribution in [0.15, 0.2) is 35.1 Å². The molecule has 1 atom stereocenters. The Morgan fingerprint density at radius 1 is 1.32 bits per heavy atom. The lowest BCUT2D eigenvalue weighted by Gasteiger charge is -2.43. The molecule has 0 saturated heterocycles. The zero-order valence-corrected chi connectivity index (χ0v) is 13.5. The molecule has 3 nitrogen and oxygen atoms in total. The van der Waals surface area contributed by atoms with E-state index in [9.17, 15) is 5.11 Å². The number of benzene rings is 1. The number of hydrogen-bond donors (Lipinski definition) is 1. The Balaban J connectivity index is 1.75. The fraction of sp³-hybridized carbons (Fsp3) is 0.444. The predicted molar refractivity (Wildman–Crippen MR) is 87.1 cm³/mol. The zero-order valence-electron chi connectivity index (χ0n) is 12.7. The summed E-state index contributed by atoms with van der Waals surface area (Å²) in [7, 11) is 1.76. The predicted octanol–water partition coefficient (Wildman–Crippen LogP) is 3.97. The Labute approximate surface area is 135 Å². The molecule has 0 saturated carbocycles. The van der Waals surface area contributed by atoms with Crippen molar-refractivity contribution in [1.82, 2.24) is 4.90 Å². The second-order valence-electron chi connectivity index (χ2n) is 6.34. The van der Waals surface area contributed by atoms with Crippen molar-refractivity contribution in [2.75, 3.05) is 20.2 Å². The Morgan fingerprint density at radius 2 is 2.18 bits per heavy atom. The van der Waals surface area contributed by atoms with Crippen LogP contribution in [-0.4, -0.2) is 30.2 Å². The molecule has 4 heteroatoms. The molecule has 0 radical (unpaired) electrons. The second-order valence-corrected chi connectivity index (χ2v) is 6.74. The van der Waals surface area contributed by atoms with Crippen LogP contribution in [0, 0.1) is 0 Å². The van der Waals surface area contributed by atoms with Crippen LogP contribution >= 0.6 is 11.6 Å². The number of aromatic hydroxyl groups is 1. The summed E-state index contributed by atoms with van der Waals surface area (Å²) < 4.78 is 5.59. The van der Waals surface area contributed by atoms with E-state index in [1.807, 2.05) is 12.1 Å². The number of nitrogens with zero attached hydrogens (tertiary/aromatic N) is 1. The third-order valence-corrected chi connectivity index (χ3v) is 5.49. The van der Waals surface area contributed by atoms with Crippen LogP contribution in [0.25, 0.3) is 0 Å². The Morgan fingerprint density at radius 3 is 3.00 bits per heavy atom. The number of ether oxygens (including phenoxy) is 1. The third kappa shape index (κ3) is 2.15. The van der Waals surface area contributed by atoms with Gasteiger partial charge in [-0.05, 0) is 66.2 Å². The fourth-order valence-electron chi connectivity index (χ4n) is 4.08. The molecule has 0 fully saturated rings. The van der Waals surface area contributed by atoms with Gasteiger partial charge < -0.3 is 9.84 Å². The molecule has 2 aliphatic heterocycles. The highest BCUT2D eigenvalue weighted by molar-refractivity contribution is 6.32. The monoisotopic (exact) mass is 317 g/mol. The zero-order chi connectivity index (χ0) is 15.3. The number of phenols is 1. The summed E-state index contributed by atoms with van der Waals surface area (Å²) in [4.78, 5) is 2.53. The maximum atomic E-state index is 10.00. The average Bonchev–Trinajstić information content (AvgIpc) is 2.54. The molecule has 2 heterocycles. The van der Waals surface area contributed by atoms with Crippen LogP contribution in [0.5, 0.6) is 5.75 Å². The van der Waals surface area contributed by atoms with Gasteiger partial charge in [0.15, 0.2) is 0 Å². The first-order valence-electron chi connectivity index (χ1n) is 7.88. The SMILES string of the molecule is COC1=CCCC2=C1CC1c3cc(O)c(Cl)cc3CCN1C2. The number of halogens is 1. The topological polar surface area (TPSA) is 32.7 Å². The minimum Gasteiger partial charge on any atom is -0.506 e. The maximum absolute atomic E-state index is 10.00. The smallest absolute Gasteiger partial charge is 0.134 e. The van der Waals surface area contributed by atoms with Crippen molar-refractivity contribution in [3.8, 4) is 5.75 Å². The van der Waals surface area contributed by atoms with Gasteiger partial charge in [-0.3, -0.25) is 4.90 Å². The largest absolute Gasteiger partial charge is 0.506 e. The van der Waals surface area contributed by atoms with Gasteiger partial charge in [0.1, 0.15) is 11.5 Å². The molecule has 0 aromatic heterocycles. The van der Waals surface area contributed by atoms with E-state index in [0.29, 0.717) is 11.1 Å². The van der Waals surface area contributed by atoms with E-state index in [-0.39, 0.29) is 5.75 Å². The minimum atomic E-state index is 0.188. The minimum absolute atomic E-state index is 0.188. The summed E-state index contributed by atoms with van der Waals surface area (Å²) in [5, 5.41) is 10.5. The molecule has 4 rings (SSSR count). The van der Waals surface area contributed by atoms with Crippen LogP contribution in [0.3, 0.4) is 0 Å². The van der Waals surface area contributed by atoms with Crippen molar-refractivity contribution in [2.45, 2.75) is 31.7 Å². The van der Waals surface area contributed by atoms with Gasteiger partial charge in [-0.25, -0.2) is 0 Å². The van der Waals surface area contributed by atoms with Gasteiger partial charge in [0, 0.05) is 19.1 Å². The molecule has 3 aliphatic rings. The summed E-state index contributed by atoms with van der Waals surface area (Å²) in [6.07, 6.45) is 6.39. The number of fused-ring (bicyclic) bond motifs is 3. The molecule has 1 aromatic rings. The highest BCUT2D eigenvalue weighted by atomic mass is 35.5. The van der Waals surface area contributed by atoms with Gasteiger partial charge in [0.05, 0.1) is 12.1 Å². The third-order valence-electron chi connectivity index (χ3n) is 5.19.